The van der Waals surface area contributed by atoms with Gasteiger partial charge in [0.15, 0.2) is 9.84 Å². The van der Waals surface area contributed by atoms with Gasteiger partial charge >= 0.3 is 0 Å². The molecule has 2 aliphatic heterocycles. The van der Waals surface area contributed by atoms with Gasteiger partial charge in [-0.15, -0.1) is 0 Å². The molecule has 0 saturated carbocycles. The number of benzene rings is 4. The van der Waals surface area contributed by atoms with Crippen LogP contribution < -0.4 is 26.2 Å². The standard InChI is InChI=1S/C25H29ClN4O4S.C24H26ClN3O6S2/c1-29(2)22-5-3-4-21(16-22)28-20-12-14-30(15-13-20)35(32,33)24-11-10-23(34-24)17-27-25(31)18-6-8-19(26)9-7-18;1-35(30,31)22-4-2-3-20(15-22)27-19-11-13-28(14-12-19)36(32,33)23-10-9-21(34-23)16-26-24(29)17-5-7-18(25)8-6-17/h3-11,16,20,28H,12-15,17H2,1-2H3,(H,27,31);2-10,15,19,27H,11-14,16H2,1H3,(H,26,29). The zero-order valence-electron chi connectivity index (χ0n) is 39.2. The van der Waals surface area contributed by atoms with Crippen LogP contribution in [0.4, 0.5) is 17.1 Å². The third-order valence-corrected chi connectivity index (χ3v) is 17.0. The Morgan fingerprint density at radius 2 is 0.986 bits per heavy atom. The molecule has 6 aromatic rings. The van der Waals surface area contributed by atoms with Crippen LogP contribution in [-0.2, 0) is 43.0 Å². The molecule has 2 amide bonds. The lowest BCUT2D eigenvalue weighted by Crippen LogP contribution is -2.42. The molecule has 8 rings (SSSR count). The van der Waals surface area contributed by atoms with Gasteiger partial charge in [0.05, 0.1) is 18.0 Å². The van der Waals surface area contributed by atoms with Crippen LogP contribution in [0, 0.1) is 0 Å². The molecule has 0 spiro atoms. The molecule has 0 radical (unpaired) electrons. The van der Waals surface area contributed by atoms with Crippen LogP contribution in [0.25, 0.3) is 0 Å². The smallest absolute Gasteiger partial charge is 0.276 e. The minimum absolute atomic E-state index is 0.00139. The van der Waals surface area contributed by atoms with Crippen LogP contribution in [0.15, 0.2) is 145 Å². The van der Waals surface area contributed by atoms with Crippen LogP contribution >= 0.6 is 23.2 Å². The molecule has 0 bridgehead atoms. The van der Waals surface area contributed by atoms with Crippen molar-refractivity contribution in [2.24, 2.45) is 0 Å². The first-order valence-corrected chi connectivity index (χ1v) is 28.1. The van der Waals surface area contributed by atoms with Crippen LogP contribution in [0.1, 0.15) is 57.9 Å². The first kappa shape index (κ1) is 52.9. The Morgan fingerprint density at radius 3 is 1.39 bits per heavy atom. The van der Waals surface area contributed by atoms with Gasteiger partial charge in [0.25, 0.3) is 31.9 Å². The zero-order chi connectivity index (χ0) is 50.9. The van der Waals surface area contributed by atoms with E-state index >= 15 is 0 Å². The largest absolute Gasteiger partial charge is 0.446 e. The number of nitrogens with one attached hydrogen (secondary N) is 4. The summed E-state index contributed by atoms with van der Waals surface area (Å²) < 4.78 is 89.8. The summed E-state index contributed by atoms with van der Waals surface area (Å²) >= 11 is 11.7. The molecule has 0 atom stereocenters. The highest BCUT2D eigenvalue weighted by atomic mass is 35.5. The average Bonchev–Trinajstić information content (AvgIpc) is 4.05. The number of amides is 2. The number of furan rings is 2. The van der Waals surface area contributed by atoms with Gasteiger partial charge in [-0.1, -0.05) is 35.3 Å². The van der Waals surface area contributed by atoms with E-state index in [2.05, 4.69) is 27.3 Å². The number of rotatable bonds is 16. The van der Waals surface area contributed by atoms with E-state index in [0.29, 0.717) is 77.2 Å². The SMILES string of the molecule is CN(C)c1cccc(NC2CCN(S(=O)(=O)c3ccc(CNC(=O)c4ccc(Cl)cc4)o3)CC2)c1.CS(=O)(=O)c1cccc(NC2CCN(S(=O)(=O)c3ccc(CNC(=O)c4ccc(Cl)cc4)o3)CC2)c1. The van der Waals surface area contributed by atoms with Crippen LogP contribution in [0.2, 0.25) is 10.0 Å². The van der Waals surface area contributed by atoms with Gasteiger partial charge in [-0.05, 0) is 135 Å². The molecule has 2 aliphatic rings. The molecule has 2 aromatic heterocycles. The van der Waals surface area contributed by atoms with E-state index in [-0.39, 0.29) is 65.2 Å². The number of hydrogen-bond acceptors (Lipinski definition) is 13. The van der Waals surface area contributed by atoms with Crippen molar-refractivity contribution in [1.82, 2.24) is 19.2 Å². The maximum atomic E-state index is 13.1. The lowest BCUT2D eigenvalue weighted by atomic mass is 10.1. The Bertz CT molecular complexity index is 3130. The number of halogens is 2. The summed E-state index contributed by atoms with van der Waals surface area (Å²) in [5.41, 5.74) is 3.69. The second-order valence-electron chi connectivity index (χ2n) is 17.2. The molecule has 4 N–H and O–H groups in total. The van der Waals surface area contributed by atoms with E-state index in [4.69, 9.17) is 32.0 Å². The maximum Gasteiger partial charge on any atom is 0.276 e. The predicted octanol–water partition coefficient (Wildman–Crippen LogP) is 7.73. The second-order valence-corrected chi connectivity index (χ2v) is 23.8. The van der Waals surface area contributed by atoms with E-state index < -0.39 is 29.9 Å². The van der Waals surface area contributed by atoms with Crippen molar-refractivity contribution in [3.63, 3.8) is 0 Å². The molecule has 4 aromatic carbocycles. The van der Waals surface area contributed by atoms with Gasteiger partial charge in [-0.3, -0.25) is 9.59 Å². The number of sulfonamides is 2. The first-order chi connectivity index (χ1) is 33.7. The normalized spacial score (nSPS) is 15.3. The van der Waals surface area contributed by atoms with Crippen molar-refractivity contribution in [2.45, 2.75) is 65.9 Å². The molecule has 378 valence electrons. The number of nitrogens with zero attached hydrogens (tertiary/aromatic N) is 3. The Balaban J connectivity index is 0.000000209. The summed E-state index contributed by atoms with van der Waals surface area (Å²) in [5.74, 6) is 0.0544. The van der Waals surface area contributed by atoms with Crippen molar-refractivity contribution < 1.29 is 43.7 Å². The molecule has 0 unspecified atom stereocenters. The van der Waals surface area contributed by atoms with Gasteiger partial charge in [-0.25, -0.2) is 25.3 Å². The van der Waals surface area contributed by atoms with Crippen molar-refractivity contribution in [3.05, 3.63) is 154 Å². The van der Waals surface area contributed by atoms with Crippen LogP contribution in [-0.4, -0.2) is 104 Å². The highest BCUT2D eigenvalue weighted by Gasteiger charge is 2.33. The number of piperidine rings is 2. The van der Waals surface area contributed by atoms with Crippen molar-refractivity contribution in [1.29, 1.82) is 0 Å². The topological polar surface area (TPSA) is 221 Å². The highest BCUT2D eigenvalue weighted by molar-refractivity contribution is 7.90. The van der Waals surface area contributed by atoms with Crippen LogP contribution in [0.3, 0.4) is 0 Å². The lowest BCUT2D eigenvalue weighted by molar-refractivity contribution is 0.0939. The fourth-order valence-electron chi connectivity index (χ4n) is 7.82. The molecule has 4 heterocycles. The molecular weight excluding hydrogens is 1010 g/mol. The minimum atomic E-state index is -3.83. The van der Waals surface area contributed by atoms with Crippen molar-refractivity contribution in [2.75, 3.05) is 62.1 Å². The summed E-state index contributed by atoms with van der Waals surface area (Å²) in [6.45, 7) is 1.49. The third-order valence-electron chi connectivity index (χ3n) is 11.8. The van der Waals surface area contributed by atoms with Crippen molar-refractivity contribution in [3.8, 4) is 0 Å². The molecular formula is C49H55Cl2N7O10S3. The fourth-order valence-corrected chi connectivity index (χ4v) is 11.5. The van der Waals surface area contributed by atoms with E-state index in [1.165, 1.54) is 32.9 Å². The molecule has 0 aliphatic carbocycles. The summed E-state index contributed by atoms with van der Waals surface area (Å²) in [7, 11) is -6.89. The maximum absolute atomic E-state index is 13.1. The van der Waals surface area contributed by atoms with Crippen LogP contribution in [0.5, 0.6) is 0 Å². The number of anilines is 3. The Labute approximate surface area is 424 Å². The Kier molecular flexibility index (Phi) is 17.2. The Hall–Kier alpha value is -5.87. The fraction of sp³-hybridized carbons (Fsp3) is 0.306. The summed E-state index contributed by atoms with van der Waals surface area (Å²) in [4.78, 5) is 26.8. The number of carbonyl (C=O) groups is 2. The number of sulfone groups is 1. The third kappa shape index (κ3) is 14.2. The predicted molar refractivity (Wildman–Crippen MR) is 274 cm³/mol. The first-order valence-electron chi connectivity index (χ1n) is 22.6. The van der Waals surface area contributed by atoms with Gasteiger partial charge in [0.1, 0.15) is 11.5 Å². The number of carbonyl (C=O) groups excluding carboxylic acids is 2. The van der Waals surface area contributed by atoms with Gasteiger partial charge in [-0.2, -0.15) is 8.61 Å². The summed E-state index contributed by atoms with van der Waals surface area (Å²) in [6, 6.07) is 33.7. The minimum Gasteiger partial charge on any atom is -0.446 e. The van der Waals surface area contributed by atoms with Gasteiger partial charge < -0.3 is 35.0 Å². The van der Waals surface area contributed by atoms with E-state index in [9.17, 15) is 34.8 Å². The zero-order valence-corrected chi connectivity index (χ0v) is 43.1. The molecule has 17 nitrogen and oxygen atoms in total. The quantitative estimate of drug-likeness (QED) is 0.0730. The summed E-state index contributed by atoms with van der Waals surface area (Å²) in [5, 5.41) is 13.0. The number of hydrogen-bond donors (Lipinski definition) is 4. The van der Waals surface area contributed by atoms with Crippen molar-refractivity contribution >= 4 is 82.0 Å². The van der Waals surface area contributed by atoms with E-state index in [0.717, 1.165) is 17.6 Å². The van der Waals surface area contributed by atoms with Gasteiger partial charge in [0, 0.05) is 96.8 Å². The molecule has 71 heavy (non-hydrogen) atoms. The molecule has 2 saturated heterocycles. The highest BCUT2D eigenvalue weighted by Crippen LogP contribution is 2.28. The monoisotopic (exact) mass is 1070 g/mol. The Morgan fingerprint density at radius 1 is 0.577 bits per heavy atom. The van der Waals surface area contributed by atoms with E-state index in [1.807, 2.05) is 37.2 Å². The molecule has 22 heteroatoms. The molecule has 2 fully saturated rings. The van der Waals surface area contributed by atoms with E-state index in [1.54, 1.807) is 72.8 Å². The average molecular weight is 1070 g/mol. The van der Waals surface area contributed by atoms with Gasteiger partial charge in [0.2, 0.25) is 10.2 Å². The second kappa shape index (κ2) is 23.1. The lowest BCUT2D eigenvalue weighted by Gasteiger charge is -2.31. The summed E-state index contributed by atoms with van der Waals surface area (Å²) in [6.07, 6.45) is 3.63.